The lowest BCUT2D eigenvalue weighted by Gasteiger charge is -2.28. The SMILES string of the molecule is O=C(CCS(=O)(=O)c1ccccc1)N1[C@@H]2CC[C@H]1Cc1nn(CC3CC3)c(=O)n1C2. The number of amides is 1. The Morgan fingerprint density at radius 3 is 2.53 bits per heavy atom. The van der Waals surface area contributed by atoms with Crippen molar-refractivity contribution < 1.29 is 13.2 Å². The van der Waals surface area contributed by atoms with E-state index in [2.05, 4.69) is 5.10 Å². The van der Waals surface area contributed by atoms with E-state index in [1.165, 1.54) is 0 Å². The lowest BCUT2D eigenvalue weighted by Crippen LogP contribution is -2.43. The van der Waals surface area contributed by atoms with E-state index in [1.807, 2.05) is 4.90 Å². The Morgan fingerprint density at radius 2 is 1.80 bits per heavy atom. The summed E-state index contributed by atoms with van der Waals surface area (Å²) in [5.41, 5.74) is -0.0801. The van der Waals surface area contributed by atoms with Gasteiger partial charge in [-0.1, -0.05) is 18.2 Å². The monoisotopic (exact) mass is 430 g/mol. The van der Waals surface area contributed by atoms with Gasteiger partial charge in [-0.3, -0.25) is 9.36 Å². The van der Waals surface area contributed by atoms with E-state index < -0.39 is 9.84 Å². The Bertz CT molecular complexity index is 1120. The molecule has 1 saturated carbocycles. The molecule has 30 heavy (non-hydrogen) atoms. The zero-order valence-corrected chi connectivity index (χ0v) is 17.6. The maximum atomic E-state index is 13.0. The molecule has 2 atom stereocenters. The Hall–Kier alpha value is -2.42. The third kappa shape index (κ3) is 3.59. The summed E-state index contributed by atoms with van der Waals surface area (Å²) in [6.07, 6.45) is 4.54. The molecule has 0 spiro atoms. The first-order valence-corrected chi connectivity index (χ1v) is 12.3. The van der Waals surface area contributed by atoms with Crippen LogP contribution in [0.25, 0.3) is 0 Å². The van der Waals surface area contributed by atoms with Crippen LogP contribution in [0.5, 0.6) is 0 Å². The summed E-state index contributed by atoms with van der Waals surface area (Å²) in [6, 6.07) is 8.16. The largest absolute Gasteiger partial charge is 0.345 e. The van der Waals surface area contributed by atoms with Crippen molar-refractivity contribution in [2.24, 2.45) is 5.92 Å². The minimum absolute atomic E-state index is 0.0145. The Kier molecular flexibility index (Phi) is 4.80. The van der Waals surface area contributed by atoms with Crippen LogP contribution in [0.3, 0.4) is 0 Å². The van der Waals surface area contributed by atoms with E-state index in [1.54, 1.807) is 39.6 Å². The van der Waals surface area contributed by atoms with E-state index in [9.17, 15) is 18.0 Å². The Balaban J connectivity index is 1.30. The number of fused-ring (bicyclic) bond motifs is 3. The minimum Gasteiger partial charge on any atom is -0.334 e. The molecule has 1 saturated heterocycles. The van der Waals surface area contributed by atoms with E-state index in [0.29, 0.717) is 25.4 Å². The fourth-order valence-corrected chi connectivity index (χ4v) is 6.00. The number of rotatable bonds is 6. The summed E-state index contributed by atoms with van der Waals surface area (Å²) < 4.78 is 28.4. The third-order valence-electron chi connectivity index (χ3n) is 6.53. The molecule has 1 aliphatic carbocycles. The molecule has 2 aromatic rings. The van der Waals surface area contributed by atoms with Gasteiger partial charge < -0.3 is 4.90 Å². The highest BCUT2D eigenvalue weighted by Crippen LogP contribution is 2.32. The fraction of sp³-hybridized carbons (Fsp3) is 0.571. The fourth-order valence-electron chi connectivity index (χ4n) is 4.75. The molecule has 5 rings (SSSR count). The quantitative estimate of drug-likeness (QED) is 0.687. The van der Waals surface area contributed by atoms with Crippen molar-refractivity contribution in [3.05, 3.63) is 46.6 Å². The van der Waals surface area contributed by atoms with Crippen LogP contribution in [0.4, 0.5) is 0 Å². The van der Waals surface area contributed by atoms with E-state index in [4.69, 9.17) is 0 Å². The molecule has 0 unspecified atom stereocenters. The second-order valence-electron chi connectivity index (χ2n) is 8.71. The molecule has 8 nitrogen and oxygen atoms in total. The van der Waals surface area contributed by atoms with Gasteiger partial charge in [0.05, 0.1) is 16.7 Å². The lowest BCUT2D eigenvalue weighted by atomic mass is 10.1. The normalized spacial score (nSPS) is 23.3. The number of carbonyl (C=O) groups excluding carboxylic acids is 1. The molecule has 3 heterocycles. The molecule has 3 aliphatic rings. The van der Waals surface area contributed by atoms with Gasteiger partial charge in [0.2, 0.25) is 5.91 Å². The summed E-state index contributed by atoms with van der Waals surface area (Å²) in [6.45, 7) is 1.14. The van der Waals surface area contributed by atoms with E-state index in [0.717, 1.165) is 31.5 Å². The standard InChI is InChI=1S/C21H26N4O4S/c26-20(10-11-30(28,29)18-4-2-1-3-5-18)25-16-8-9-17(25)14-23-19(12-16)22-24(21(23)27)13-15-6-7-15/h1-5,15-17H,6-14H2/t16-,17+/m0/s1. The average Bonchev–Trinajstić information content (AvgIpc) is 3.43. The van der Waals surface area contributed by atoms with Gasteiger partial charge in [0, 0.05) is 32.0 Å². The molecule has 160 valence electrons. The predicted molar refractivity (Wildman–Crippen MR) is 110 cm³/mol. The third-order valence-corrected chi connectivity index (χ3v) is 8.27. The van der Waals surface area contributed by atoms with E-state index >= 15 is 0 Å². The smallest absolute Gasteiger partial charge is 0.334 e. The summed E-state index contributed by atoms with van der Waals surface area (Å²) in [5.74, 6) is 0.974. The molecule has 2 bridgehead atoms. The maximum absolute atomic E-state index is 13.0. The molecule has 0 N–H and O–H groups in total. The molecule has 2 aliphatic heterocycles. The number of hydrogen-bond acceptors (Lipinski definition) is 5. The van der Waals surface area contributed by atoms with Crippen LogP contribution in [-0.4, -0.2) is 51.4 Å². The highest BCUT2D eigenvalue weighted by Gasteiger charge is 2.41. The summed E-state index contributed by atoms with van der Waals surface area (Å²) in [5, 5.41) is 4.56. The Labute approximate surface area is 175 Å². The van der Waals surface area contributed by atoms with Gasteiger partial charge in [0.25, 0.3) is 0 Å². The summed E-state index contributed by atoms with van der Waals surface area (Å²) in [7, 11) is -3.50. The second kappa shape index (κ2) is 7.37. The molecule has 2 fully saturated rings. The van der Waals surface area contributed by atoms with Gasteiger partial charge in [-0.25, -0.2) is 17.9 Å². The van der Waals surface area contributed by atoms with Crippen molar-refractivity contribution in [2.75, 3.05) is 5.75 Å². The molecular weight excluding hydrogens is 404 g/mol. The van der Waals surface area contributed by atoms with Gasteiger partial charge in [-0.2, -0.15) is 5.10 Å². The molecular formula is C21H26N4O4S. The van der Waals surface area contributed by atoms with Crippen LogP contribution in [0.1, 0.15) is 37.9 Å². The highest BCUT2D eigenvalue weighted by atomic mass is 32.2. The van der Waals surface area contributed by atoms with Crippen molar-refractivity contribution in [3.63, 3.8) is 0 Å². The number of benzene rings is 1. The first-order valence-electron chi connectivity index (χ1n) is 10.7. The number of carbonyl (C=O) groups is 1. The number of sulfone groups is 1. The predicted octanol–water partition coefficient (Wildman–Crippen LogP) is 1.23. The second-order valence-corrected chi connectivity index (χ2v) is 10.8. The first-order chi connectivity index (χ1) is 14.4. The van der Waals surface area contributed by atoms with Crippen LogP contribution < -0.4 is 5.69 Å². The maximum Gasteiger partial charge on any atom is 0.345 e. The van der Waals surface area contributed by atoms with Crippen LogP contribution in [0.15, 0.2) is 40.0 Å². The zero-order chi connectivity index (χ0) is 20.9. The van der Waals surface area contributed by atoms with Crippen LogP contribution in [0.2, 0.25) is 0 Å². The number of aromatic nitrogens is 3. The molecule has 9 heteroatoms. The molecule has 1 aromatic carbocycles. The lowest BCUT2D eigenvalue weighted by molar-refractivity contribution is -0.133. The van der Waals surface area contributed by atoms with Crippen LogP contribution in [-0.2, 0) is 34.1 Å². The van der Waals surface area contributed by atoms with Gasteiger partial charge in [-0.05, 0) is 43.7 Å². The van der Waals surface area contributed by atoms with Crippen molar-refractivity contribution in [1.29, 1.82) is 0 Å². The minimum atomic E-state index is -3.50. The van der Waals surface area contributed by atoms with Gasteiger partial charge in [-0.15, -0.1) is 0 Å². The van der Waals surface area contributed by atoms with Crippen molar-refractivity contribution in [3.8, 4) is 0 Å². The highest BCUT2D eigenvalue weighted by molar-refractivity contribution is 7.91. The van der Waals surface area contributed by atoms with E-state index in [-0.39, 0.29) is 40.7 Å². The molecule has 0 radical (unpaired) electrons. The first kappa shape index (κ1) is 19.5. The molecule has 1 aromatic heterocycles. The van der Waals surface area contributed by atoms with Gasteiger partial charge in [0.15, 0.2) is 9.84 Å². The zero-order valence-electron chi connectivity index (χ0n) is 16.8. The topological polar surface area (TPSA) is 94.3 Å². The summed E-state index contributed by atoms with van der Waals surface area (Å²) in [4.78, 5) is 27.9. The number of nitrogens with zero attached hydrogens (tertiary/aromatic N) is 4. The van der Waals surface area contributed by atoms with Crippen molar-refractivity contribution in [2.45, 2.75) is 68.6 Å². The number of hydrogen-bond donors (Lipinski definition) is 0. The molecule has 1 amide bonds. The van der Waals surface area contributed by atoms with Crippen LogP contribution >= 0.6 is 0 Å². The van der Waals surface area contributed by atoms with Gasteiger partial charge in [0.1, 0.15) is 5.82 Å². The van der Waals surface area contributed by atoms with Crippen LogP contribution in [0, 0.1) is 5.92 Å². The average molecular weight is 431 g/mol. The van der Waals surface area contributed by atoms with Crippen molar-refractivity contribution in [1.82, 2.24) is 19.2 Å². The van der Waals surface area contributed by atoms with Gasteiger partial charge >= 0.3 is 5.69 Å². The summed E-state index contributed by atoms with van der Waals surface area (Å²) >= 11 is 0. The Morgan fingerprint density at radius 1 is 1.07 bits per heavy atom. The van der Waals surface area contributed by atoms with Crippen molar-refractivity contribution >= 4 is 15.7 Å².